The molecule has 7 nitrogen and oxygen atoms in total. The zero-order valence-corrected chi connectivity index (χ0v) is 18.0. The minimum atomic E-state index is -3.90. The van der Waals surface area contributed by atoms with Crippen molar-refractivity contribution in [2.24, 2.45) is 0 Å². The van der Waals surface area contributed by atoms with Crippen molar-refractivity contribution in [3.8, 4) is 0 Å². The molecule has 0 saturated heterocycles. The van der Waals surface area contributed by atoms with Crippen molar-refractivity contribution in [3.63, 3.8) is 0 Å². The molecular formula is C23H22N2O5S. The lowest BCUT2D eigenvalue weighted by atomic mass is 10.1. The van der Waals surface area contributed by atoms with Gasteiger partial charge in [-0.1, -0.05) is 29.8 Å². The van der Waals surface area contributed by atoms with Crippen molar-refractivity contribution >= 4 is 33.0 Å². The standard InChI is InChI=1S/C23H22N2O5S/c1-15-9-10-17(16(2)12-15)24-22(26)14-25-18-6-3-4-8-20(18)31(28,29)21(13-23(25)27)19-7-5-11-30-19/h3-12,21H,13-14H2,1-2H3,(H,24,26). The Morgan fingerprint density at radius 3 is 2.61 bits per heavy atom. The van der Waals surface area contributed by atoms with Gasteiger partial charge in [0.2, 0.25) is 11.8 Å². The Kier molecular flexibility index (Phi) is 5.41. The fraction of sp³-hybridized carbons (Fsp3) is 0.217. The van der Waals surface area contributed by atoms with Crippen molar-refractivity contribution in [1.29, 1.82) is 0 Å². The number of para-hydroxylation sites is 1. The van der Waals surface area contributed by atoms with Crippen molar-refractivity contribution in [2.75, 3.05) is 16.8 Å². The first-order valence-corrected chi connectivity index (χ1v) is 11.4. The summed E-state index contributed by atoms with van der Waals surface area (Å²) in [4.78, 5) is 27.1. The van der Waals surface area contributed by atoms with Crippen LogP contribution in [0.5, 0.6) is 0 Å². The maximum atomic E-state index is 13.3. The number of carbonyl (C=O) groups excluding carboxylic acids is 2. The number of sulfone groups is 1. The summed E-state index contributed by atoms with van der Waals surface area (Å²) in [5, 5.41) is 1.67. The molecule has 8 heteroatoms. The lowest BCUT2D eigenvalue weighted by Gasteiger charge is -2.22. The van der Waals surface area contributed by atoms with Gasteiger partial charge in [-0.25, -0.2) is 8.42 Å². The number of anilines is 2. The predicted molar refractivity (Wildman–Crippen MR) is 117 cm³/mol. The predicted octanol–water partition coefficient (Wildman–Crippen LogP) is 3.79. The third-order valence-electron chi connectivity index (χ3n) is 5.32. The third-order valence-corrected chi connectivity index (χ3v) is 7.42. The van der Waals surface area contributed by atoms with Gasteiger partial charge in [-0.15, -0.1) is 0 Å². The highest BCUT2D eigenvalue weighted by atomic mass is 32.2. The SMILES string of the molecule is Cc1ccc(NC(=O)CN2C(=O)CC(c3ccco3)S(=O)(=O)c3ccccc32)c(C)c1. The summed E-state index contributed by atoms with van der Waals surface area (Å²) in [6.45, 7) is 3.54. The first kappa shape index (κ1) is 20.9. The number of carbonyl (C=O) groups is 2. The second kappa shape index (κ2) is 8.03. The second-order valence-electron chi connectivity index (χ2n) is 7.57. The molecule has 2 aromatic carbocycles. The van der Waals surface area contributed by atoms with Crippen LogP contribution in [0, 0.1) is 13.8 Å². The molecule has 0 bridgehead atoms. The van der Waals surface area contributed by atoms with Gasteiger partial charge >= 0.3 is 0 Å². The molecule has 160 valence electrons. The molecule has 2 amide bonds. The number of furan rings is 1. The fourth-order valence-electron chi connectivity index (χ4n) is 3.78. The van der Waals surface area contributed by atoms with E-state index < -0.39 is 26.9 Å². The summed E-state index contributed by atoms with van der Waals surface area (Å²) in [7, 11) is -3.90. The smallest absolute Gasteiger partial charge is 0.244 e. The molecule has 31 heavy (non-hydrogen) atoms. The molecule has 1 aromatic heterocycles. The molecule has 1 aliphatic rings. The van der Waals surface area contributed by atoms with Gasteiger partial charge in [-0.05, 0) is 49.7 Å². The van der Waals surface area contributed by atoms with Crippen LogP contribution < -0.4 is 10.2 Å². The highest BCUT2D eigenvalue weighted by Gasteiger charge is 2.41. The minimum Gasteiger partial charge on any atom is -0.468 e. The lowest BCUT2D eigenvalue weighted by Crippen LogP contribution is -2.38. The van der Waals surface area contributed by atoms with E-state index in [1.54, 1.807) is 36.4 Å². The molecule has 0 saturated carbocycles. The summed E-state index contributed by atoms with van der Waals surface area (Å²) < 4.78 is 32.0. The number of rotatable bonds is 4. The first-order chi connectivity index (χ1) is 14.8. The van der Waals surface area contributed by atoms with Gasteiger partial charge in [0.15, 0.2) is 9.84 Å². The summed E-state index contributed by atoms with van der Waals surface area (Å²) in [5.74, 6) is -0.681. The zero-order chi connectivity index (χ0) is 22.2. The first-order valence-electron chi connectivity index (χ1n) is 9.81. The number of nitrogens with one attached hydrogen (secondary N) is 1. The molecule has 1 atom stereocenters. The van der Waals surface area contributed by atoms with Crippen LogP contribution in [0.3, 0.4) is 0 Å². The molecule has 1 unspecified atom stereocenters. The Hall–Kier alpha value is -3.39. The Morgan fingerprint density at radius 2 is 1.90 bits per heavy atom. The summed E-state index contributed by atoms with van der Waals surface area (Å²) >= 11 is 0. The van der Waals surface area contributed by atoms with Gasteiger partial charge < -0.3 is 14.6 Å². The Morgan fingerprint density at radius 1 is 1.13 bits per heavy atom. The monoisotopic (exact) mass is 438 g/mol. The van der Waals surface area contributed by atoms with Gasteiger partial charge in [0.25, 0.3) is 0 Å². The Bertz CT molecular complexity index is 1250. The van der Waals surface area contributed by atoms with Crippen molar-refractivity contribution in [2.45, 2.75) is 30.4 Å². The molecule has 4 rings (SSSR count). The van der Waals surface area contributed by atoms with E-state index in [2.05, 4.69) is 5.32 Å². The van der Waals surface area contributed by atoms with Crippen LogP contribution in [0.4, 0.5) is 11.4 Å². The number of fused-ring (bicyclic) bond motifs is 1. The van der Waals surface area contributed by atoms with Crippen LogP contribution in [0.25, 0.3) is 0 Å². The van der Waals surface area contributed by atoms with Crippen molar-refractivity contribution in [3.05, 3.63) is 77.7 Å². The third kappa shape index (κ3) is 3.98. The number of hydrogen-bond donors (Lipinski definition) is 1. The van der Waals surface area contributed by atoms with Crippen LogP contribution in [0.1, 0.15) is 28.6 Å². The molecule has 0 radical (unpaired) electrons. The van der Waals surface area contributed by atoms with Crippen LogP contribution in [-0.2, 0) is 19.4 Å². The largest absolute Gasteiger partial charge is 0.468 e. The van der Waals surface area contributed by atoms with Gasteiger partial charge in [-0.2, -0.15) is 0 Å². The average molecular weight is 439 g/mol. The van der Waals surface area contributed by atoms with E-state index in [9.17, 15) is 18.0 Å². The van der Waals surface area contributed by atoms with E-state index in [1.165, 1.54) is 17.2 Å². The highest BCUT2D eigenvalue weighted by molar-refractivity contribution is 7.91. The molecule has 1 N–H and O–H groups in total. The van der Waals surface area contributed by atoms with E-state index in [-0.39, 0.29) is 29.3 Å². The fourth-order valence-corrected chi connectivity index (χ4v) is 5.62. The van der Waals surface area contributed by atoms with Crippen LogP contribution in [0.2, 0.25) is 0 Å². The van der Waals surface area contributed by atoms with Gasteiger partial charge in [-0.3, -0.25) is 9.59 Å². The summed E-state index contributed by atoms with van der Waals surface area (Å²) in [6.07, 6.45) is 1.06. The summed E-state index contributed by atoms with van der Waals surface area (Å²) in [5.41, 5.74) is 2.81. The molecule has 1 aliphatic heterocycles. The lowest BCUT2D eigenvalue weighted by molar-refractivity contribution is -0.121. The molecule has 0 spiro atoms. The normalized spacial score (nSPS) is 17.7. The van der Waals surface area contributed by atoms with Crippen LogP contribution >= 0.6 is 0 Å². The maximum Gasteiger partial charge on any atom is 0.244 e. The number of benzene rings is 2. The van der Waals surface area contributed by atoms with E-state index in [0.29, 0.717) is 5.69 Å². The molecule has 3 aromatic rings. The topological polar surface area (TPSA) is 96.7 Å². The van der Waals surface area contributed by atoms with E-state index in [0.717, 1.165) is 11.1 Å². The molecular weight excluding hydrogens is 416 g/mol. The summed E-state index contributed by atoms with van der Waals surface area (Å²) in [6, 6.07) is 15.0. The minimum absolute atomic E-state index is 0.00145. The highest BCUT2D eigenvalue weighted by Crippen LogP contribution is 2.40. The number of hydrogen-bond acceptors (Lipinski definition) is 5. The second-order valence-corrected chi connectivity index (χ2v) is 9.67. The number of aryl methyl sites for hydroxylation is 2. The van der Waals surface area contributed by atoms with Gasteiger partial charge in [0.05, 0.1) is 23.3 Å². The molecule has 2 heterocycles. The van der Waals surface area contributed by atoms with Gasteiger partial charge in [0.1, 0.15) is 17.6 Å². The quantitative estimate of drug-likeness (QED) is 0.669. The van der Waals surface area contributed by atoms with E-state index in [1.807, 2.05) is 26.0 Å². The van der Waals surface area contributed by atoms with Crippen LogP contribution in [-0.4, -0.2) is 26.8 Å². The average Bonchev–Trinajstić information content (AvgIpc) is 3.24. The number of amides is 2. The maximum absolute atomic E-state index is 13.3. The number of nitrogens with zero attached hydrogens (tertiary/aromatic N) is 1. The molecule has 0 fully saturated rings. The Labute approximate surface area is 180 Å². The van der Waals surface area contributed by atoms with Crippen molar-refractivity contribution in [1.82, 2.24) is 0 Å². The van der Waals surface area contributed by atoms with Crippen molar-refractivity contribution < 1.29 is 22.4 Å². The zero-order valence-electron chi connectivity index (χ0n) is 17.2. The molecule has 0 aliphatic carbocycles. The van der Waals surface area contributed by atoms with E-state index >= 15 is 0 Å². The van der Waals surface area contributed by atoms with E-state index in [4.69, 9.17) is 4.42 Å². The van der Waals surface area contributed by atoms with Gasteiger partial charge in [0, 0.05) is 5.69 Å². The Balaban J connectivity index is 1.68. The van der Waals surface area contributed by atoms with Crippen LogP contribution in [0.15, 0.2) is 70.2 Å².